The highest BCUT2D eigenvalue weighted by Gasteiger charge is 2.61. The molecule has 0 aromatic rings. The van der Waals surface area contributed by atoms with Crippen LogP contribution < -0.4 is 0 Å². The van der Waals surface area contributed by atoms with E-state index in [2.05, 4.69) is 9.47 Å². The highest BCUT2D eigenvalue weighted by Crippen LogP contribution is 2.43. The lowest BCUT2D eigenvalue weighted by molar-refractivity contribution is -0.337. The van der Waals surface area contributed by atoms with Gasteiger partial charge >= 0.3 is 18.1 Å². The number of ether oxygens (including phenoxy) is 2. The summed E-state index contributed by atoms with van der Waals surface area (Å²) in [6.07, 6.45) is -10.1. The molecule has 0 saturated heterocycles. The maximum absolute atomic E-state index is 12.1. The minimum atomic E-state index is -5.03. The van der Waals surface area contributed by atoms with Gasteiger partial charge in [0, 0.05) is 6.92 Å². The molecule has 1 aliphatic rings. The molecule has 1 heterocycles. The fraction of sp³-hybridized carbons (Fsp3) is 0.667. The Morgan fingerprint density at radius 1 is 1.14 bits per heavy atom. The lowest BCUT2D eigenvalue weighted by Crippen LogP contribution is -2.44. The average Bonchev–Trinajstić information content (AvgIpc) is 2.29. The van der Waals surface area contributed by atoms with Gasteiger partial charge in [0.25, 0.3) is 0 Å². The van der Waals surface area contributed by atoms with Crippen LogP contribution in [0, 0.1) is 0 Å². The van der Waals surface area contributed by atoms with Crippen LogP contribution in [0.4, 0.5) is 26.3 Å². The number of rotatable bonds is 0. The first-order valence-corrected chi connectivity index (χ1v) is 3.27. The Kier molecular flexibility index (Phi) is 2.13. The first-order valence-electron chi connectivity index (χ1n) is 3.27. The molecule has 0 aromatic heterocycles. The number of alkyl halides is 6. The maximum Gasteiger partial charge on any atom is 0.467 e. The number of hydrogen-bond acceptors (Lipinski definition) is 2. The van der Waals surface area contributed by atoms with Crippen LogP contribution in [0.2, 0.25) is 0 Å². The van der Waals surface area contributed by atoms with Gasteiger partial charge in [-0.2, -0.15) is 26.3 Å². The molecule has 1 rings (SSSR count). The van der Waals surface area contributed by atoms with Gasteiger partial charge in [-0.3, -0.25) is 0 Å². The van der Waals surface area contributed by atoms with Crippen LogP contribution in [0.5, 0.6) is 0 Å². The predicted octanol–water partition coefficient (Wildman–Crippen LogP) is 2.72. The highest BCUT2D eigenvalue weighted by molar-refractivity contribution is 5.04. The molecule has 1 unspecified atom stereocenters. The van der Waals surface area contributed by atoms with Gasteiger partial charge < -0.3 is 9.47 Å². The summed E-state index contributed by atoms with van der Waals surface area (Å²) in [5.41, 5.74) is 0. The number of allylic oxidation sites excluding steroid dienone is 1. The van der Waals surface area contributed by atoms with Crippen LogP contribution in [0.25, 0.3) is 0 Å². The zero-order chi connectivity index (χ0) is 11.2. The van der Waals surface area contributed by atoms with Crippen LogP contribution >= 0.6 is 0 Å². The summed E-state index contributed by atoms with van der Waals surface area (Å²) in [7, 11) is 0. The van der Waals surface area contributed by atoms with Crippen molar-refractivity contribution in [1.29, 1.82) is 0 Å². The van der Waals surface area contributed by atoms with Gasteiger partial charge in [-0.25, -0.2) is 0 Å². The van der Waals surface area contributed by atoms with Crippen molar-refractivity contribution < 1.29 is 35.8 Å². The van der Waals surface area contributed by atoms with Crippen LogP contribution in [-0.4, -0.2) is 18.1 Å². The second-order valence-corrected chi connectivity index (χ2v) is 2.64. The molecule has 0 aliphatic carbocycles. The molecule has 0 radical (unpaired) electrons. The van der Waals surface area contributed by atoms with E-state index in [0.29, 0.717) is 6.92 Å². The molecule has 0 N–H and O–H groups in total. The number of halogens is 6. The highest BCUT2D eigenvalue weighted by atomic mass is 19.4. The Morgan fingerprint density at radius 3 is 1.86 bits per heavy atom. The van der Waals surface area contributed by atoms with Gasteiger partial charge in [0.2, 0.25) is 5.76 Å². The number of hydrogen-bond donors (Lipinski definition) is 0. The van der Waals surface area contributed by atoms with E-state index in [4.69, 9.17) is 0 Å². The monoisotopic (exact) mass is 222 g/mol. The topological polar surface area (TPSA) is 18.5 Å². The van der Waals surface area contributed by atoms with Crippen LogP contribution in [0.1, 0.15) is 6.92 Å². The van der Waals surface area contributed by atoms with E-state index in [-0.39, 0.29) is 6.26 Å². The van der Waals surface area contributed by atoms with Gasteiger partial charge in [0.05, 0.1) is 0 Å². The van der Waals surface area contributed by atoms with Crippen molar-refractivity contribution >= 4 is 0 Å². The lowest BCUT2D eigenvalue weighted by Gasteiger charge is -2.26. The van der Waals surface area contributed by atoms with Crippen LogP contribution in [-0.2, 0) is 9.47 Å². The quantitative estimate of drug-likeness (QED) is 0.586. The van der Waals surface area contributed by atoms with Crippen LogP contribution in [0.3, 0.4) is 0 Å². The molecular formula is C6H4F6O2. The zero-order valence-electron chi connectivity index (χ0n) is 6.66. The fourth-order valence-corrected chi connectivity index (χ4v) is 0.673. The Morgan fingerprint density at radius 2 is 1.64 bits per heavy atom. The third kappa shape index (κ3) is 1.73. The third-order valence-electron chi connectivity index (χ3n) is 1.49. The second kappa shape index (κ2) is 2.71. The van der Waals surface area contributed by atoms with E-state index < -0.39 is 23.9 Å². The molecule has 8 heteroatoms. The van der Waals surface area contributed by atoms with Gasteiger partial charge in [-0.1, -0.05) is 0 Å². The molecule has 2 nitrogen and oxygen atoms in total. The molecule has 0 aromatic carbocycles. The van der Waals surface area contributed by atoms with E-state index in [1.54, 1.807) is 0 Å². The molecule has 0 bridgehead atoms. The second-order valence-electron chi connectivity index (χ2n) is 2.64. The van der Waals surface area contributed by atoms with E-state index in [1.165, 1.54) is 0 Å². The van der Waals surface area contributed by atoms with Crippen molar-refractivity contribution in [2.75, 3.05) is 0 Å². The maximum atomic E-state index is 12.1. The normalized spacial score (nSPS) is 28.1. The lowest BCUT2D eigenvalue weighted by atomic mass is 10.3. The molecule has 0 amide bonds. The summed E-state index contributed by atoms with van der Waals surface area (Å²) in [6, 6.07) is 0. The molecule has 1 aliphatic heterocycles. The first-order chi connectivity index (χ1) is 6.06. The summed E-state index contributed by atoms with van der Waals surface area (Å²) >= 11 is 0. The molecule has 0 spiro atoms. The SMILES string of the molecule is CC1(C(F)(F)F)OC=C(C(F)(F)F)O1. The summed E-state index contributed by atoms with van der Waals surface area (Å²) in [6.45, 7) is 0.363. The fourth-order valence-electron chi connectivity index (χ4n) is 0.673. The third-order valence-corrected chi connectivity index (χ3v) is 1.49. The van der Waals surface area contributed by atoms with E-state index in [9.17, 15) is 26.3 Å². The van der Waals surface area contributed by atoms with Crippen molar-refractivity contribution in [3.8, 4) is 0 Å². The predicted molar refractivity (Wildman–Crippen MR) is 30.8 cm³/mol. The smallest absolute Gasteiger partial charge is 0.449 e. The zero-order valence-corrected chi connectivity index (χ0v) is 6.66. The molecule has 0 saturated carbocycles. The average molecular weight is 222 g/mol. The van der Waals surface area contributed by atoms with Gasteiger partial charge in [0.1, 0.15) is 6.26 Å². The molecular weight excluding hydrogens is 218 g/mol. The molecule has 1 atom stereocenters. The first kappa shape index (κ1) is 11.0. The standard InChI is InChI=1S/C6H4F6O2/c1-4(6(10,11)12)13-2-3(14-4)5(7,8)9/h2H,1H3. The summed E-state index contributed by atoms with van der Waals surface area (Å²) in [5.74, 6) is -5.05. The molecule has 14 heavy (non-hydrogen) atoms. The van der Waals surface area contributed by atoms with Gasteiger partial charge in [-0.15, -0.1) is 0 Å². The largest absolute Gasteiger partial charge is 0.467 e. The van der Waals surface area contributed by atoms with Crippen molar-refractivity contribution in [1.82, 2.24) is 0 Å². The van der Waals surface area contributed by atoms with Crippen molar-refractivity contribution in [3.05, 3.63) is 12.0 Å². The van der Waals surface area contributed by atoms with Gasteiger partial charge in [0.15, 0.2) is 0 Å². The van der Waals surface area contributed by atoms with E-state index in [0.717, 1.165) is 0 Å². The van der Waals surface area contributed by atoms with Crippen molar-refractivity contribution in [2.45, 2.75) is 25.1 Å². The van der Waals surface area contributed by atoms with Crippen LogP contribution in [0.15, 0.2) is 12.0 Å². The minimum Gasteiger partial charge on any atom is -0.449 e. The Labute approximate surface area is 74.1 Å². The van der Waals surface area contributed by atoms with E-state index in [1.807, 2.05) is 0 Å². The van der Waals surface area contributed by atoms with Crippen molar-refractivity contribution in [2.24, 2.45) is 0 Å². The van der Waals surface area contributed by atoms with Crippen molar-refractivity contribution in [3.63, 3.8) is 0 Å². The van der Waals surface area contributed by atoms with Gasteiger partial charge in [-0.05, 0) is 0 Å². The Hall–Kier alpha value is -1.08. The van der Waals surface area contributed by atoms with E-state index >= 15 is 0 Å². The summed E-state index contributed by atoms with van der Waals surface area (Å²) in [5, 5.41) is 0. The molecule has 0 fully saturated rings. The summed E-state index contributed by atoms with van der Waals surface area (Å²) in [4.78, 5) is 0. The summed E-state index contributed by atoms with van der Waals surface area (Å²) < 4.78 is 79.2. The Bertz CT molecular complexity index is 264. The minimum absolute atomic E-state index is 0.0898. The Balaban J connectivity index is 2.81. The molecule has 82 valence electrons.